The summed E-state index contributed by atoms with van der Waals surface area (Å²) in [5.41, 5.74) is 11.0. The number of aromatic nitrogens is 7. The molecule has 10 unspecified atom stereocenters. The second-order valence-electron chi connectivity index (χ2n) is 10.3. The van der Waals surface area contributed by atoms with Gasteiger partial charge in [-0.3, -0.25) is 36.8 Å². The normalized spacial score (nSPS) is 37.7. The van der Waals surface area contributed by atoms with E-state index in [0.29, 0.717) is 0 Å². The van der Waals surface area contributed by atoms with Crippen LogP contribution in [-0.4, -0.2) is 104 Å². The van der Waals surface area contributed by atoms with Crippen LogP contribution in [0.4, 0.5) is 11.8 Å². The molecule has 9 N–H and O–H groups in total. The molecular weight excluding hydrogens is 648 g/mol. The first-order chi connectivity index (χ1) is 21.3. The van der Waals surface area contributed by atoms with Crippen LogP contribution >= 0.6 is 15.6 Å². The molecule has 0 aromatic carbocycles. The number of nitrogens with zero attached hydrogens (tertiary/aromatic N) is 6. The third-order valence-electron chi connectivity index (χ3n) is 7.46. The number of ether oxygens (including phenoxy) is 2. The van der Waals surface area contributed by atoms with E-state index in [4.69, 9.17) is 39.0 Å². The predicted molar refractivity (Wildman–Crippen MR) is 145 cm³/mol. The minimum Gasteiger partial charge on any atom is -0.387 e. The standard InChI is InChI=1S/C21H25N9O13P2/c22-16-18-25-3-7(29(18)2-1-24-16)13-12(32)14-9(40-13)5-39-45(36,37)43-15-11(31)8(4-38-44(34,35)42-14)41-20(15)30-6-26-10-17(30)27-21(23)28-19(10)33/h1-3,6,8-9,11-15,20,31-32H,4-5H2,(H2,22,24)(H,34,35)(H,36,37)(H3,23,27,28,33). The van der Waals surface area contributed by atoms with Crippen molar-refractivity contribution < 1.29 is 56.7 Å². The Morgan fingerprint density at radius 2 is 1.64 bits per heavy atom. The number of hydrogen-bond donors (Lipinski definition) is 7. The highest BCUT2D eigenvalue weighted by Gasteiger charge is 2.54. The second-order valence-corrected chi connectivity index (χ2v) is 13.1. The fraction of sp³-hybridized carbons (Fsp3) is 0.476. The number of aliphatic hydroxyl groups is 2. The van der Waals surface area contributed by atoms with E-state index < -0.39 is 83.4 Å². The number of nitrogen functional groups attached to an aromatic ring is 2. The number of nitrogens with one attached hydrogen (secondary N) is 1. The van der Waals surface area contributed by atoms with Crippen molar-refractivity contribution >= 4 is 44.2 Å². The van der Waals surface area contributed by atoms with Gasteiger partial charge in [-0.15, -0.1) is 0 Å². The number of aliphatic hydroxyl groups excluding tert-OH is 2. The number of aromatic amines is 1. The summed E-state index contributed by atoms with van der Waals surface area (Å²) < 4.78 is 61.4. The van der Waals surface area contributed by atoms with Gasteiger partial charge >= 0.3 is 15.6 Å². The highest BCUT2D eigenvalue weighted by Crippen LogP contribution is 2.54. The van der Waals surface area contributed by atoms with Crippen LogP contribution in [0.25, 0.3) is 16.8 Å². The minimum atomic E-state index is -5.10. The molecule has 3 saturated heterocycles. The van der Waals surface area contributed by atoms with Gasteiger partial charge in [0.25, 0.3) is 5.56 Å². The molecule has 10 atom stereocenters. The Labute approximate surface area is 249 Å². The number of H-pyrrole nitrogens is 1. The molecule has 2 bridgehead atoms. The van der Waals surface area contributed by atoms with Crippen molar-refractivity contribution in [3.8, 4) is 0 Å². The molecule has 24 heteroatoms. The molecular formula is C21H25N9O13P2. The Balaban J connectivity index is 1.21. The maximum atomic E-state index is 13.2. The first-order valence-corrected chi connectivity index (χ1v) is 16.1. The molecule has 3 aliphatic rings. The molecule has 242 valence electrons. The predicted octanol–water partition coefficient (Wildman–Crippen LogP) is -1.90. The Kier molecular flexibility index (Phi) is 7.32. The monoisotopic (exact) mass is 673 g/mol. The quantitative estimate of drug-likeness (QED) is 0.114. The lowest BCUT2D eigenvalue weighted by Crippen LogP contribution is -2.36. The van der Waals surface area contributed by atoms with Crippen molar-refractivity contribution in [1.29, 1.82) is 0 Å². The molecule has 0 spiro atoms. The maximum Gasteiger partial charge on any atom is 0.472 e. The summed E-state index contributed by atoms with van der Waals surface area (Å²) in [7, 11) is -10.1. The zero-order valence-electron chi connectivity index (χ0n) is 22.5. The van der Waals surface area contributed by atoms with Crippen molar-refractivity contribution in [3.05, 3.63) is 41.0 Å². The Morgan fingerprint density at radius 3 is 2.40 bits per heavy atom. The van der Waals surface area contributed by atoms with Crippen molar-refractivity contribution in [2.75, 3.05) is 24.7 Å². The number of anilines is 2. The van der Waals surface area contributed by atoms with Gasteiger partial charge in [-0.1, -0.05) is 0 Å². The van der Waals surface area contributed by atoms with Gasteiger partial charge in [0.05, 0.1) is 31.4 Å². The summed E-state index contributed by atoms with van der Waals surface area (Å²) in [5.74, 6) is -0.199. The first-order valence-electron chi connectivity index (χ1n) is 13.1. The van der Waals surface area contributed by atoms with Gasteiger partial charge in [0.1, 0.15) is 42.7 Å². The summed E-state index contributed by atoms with van der Waals surface area (Å²) in [6, 6.07) is 0. The molecule has 4 aromatic rings. The molecule has 22 nitrogen and oxygen atoms in total. The minimum absolute atomic E-state index is 0.0806. The fourth-order valence-corrected chi connectivity index (χ4v) is 7.34. The van der Waals surface area contributed by atoms with Crippen molar-refractivity contribution in [2.45, 2.75) is 49.0 Å². The third kappa shape index (κ3) is 5.33. The molecule has 3 aliphatic heterocycles. The molecule has 45 heavy (non-hydrogen) atoms. The highest BCUT2D eigenvalue weighted by atomic mass is 31.2. The third-order valence-corrected chi connectivity index (χ3v) is 9.43. The van der Waals surface area contributed by atoms with Gasteiger partial charge in [-0.2, -0.15) is 4.98 Å². The largest absolute Gasteiger partial charge is 0.472 e. The van der Waals surface area contributed by atoms with Crippen LogP contribution in [0.2, 0.25) is 0 Å². The SMILES string of the molecule is Nc1nc2c(ncn2C2OC3COP(=O)(O)OC4C(COP(=O)(O)OC2C3O)OC(c2cnc3c(N)nccn23)C4O)c(=O)[nH]1. The van der Waals surface area contributed by atoms with E-state index in [1.54, 1.807) is 0 Å². The number of hydrogen-bond acceptors (Lipinski definition) is 17. The lowest BCUT2D eigenvalue weighted by Gasteiger charge is -2.25. The molecule has 7 heterocycles. The van der Waals surface area contributed by atoms with Gasteiger partial charge in [-0.25, -0.2) is 24.1 Å². The average molecular weight is 673 g/mol. The van der Waals surface area contributed by atoms with E-state index in [2.05, 4.69) is 24.9 Å². The molecule has 4 aromatic heterocycles. The summed E-state index contributed by atoms with van der Waals surface area (Å²) >= 11 is 0. The zero-order valence-corrected chi connectivity index (χ0v) is 24.3. The second kappa shape index (κ2) is 10.9. The number of rotatable bonds is 2. The molecule has 7 rings (SSSR count). The van der Waals surface area contributed by atoms with Crippen LogP contribution in [0.5, 0.6) is 0 Å². The van der Waals surface area contributed by atoms with Crippen molar-refractivity contribution in [2.24, 2.45) is 0 Å². The van der Waals surface area contributed by atoms with Crippen LogP contribution in [0.15, 0.2) is 29.7 Å². The zero-order chi connectivity index (χ0) is 31.8. The van der Waals surface area contributed by atoms with E-state index in [9.17, 15) is 33.9 Å². The molecule has 0 aliphatic carbocycles. The number of fused-ring (bicyclic) bond motifs is 5. The summed E-state index contributed by atoms with van der Waals surface area (Å²) in [5, 5.41) is 22.2. The molecule has 0 radical (unpaired) electrons. The van der Waals surface area contributed by atoms with Crippen LogP contribution in [0.3, 0.4) is 0 Å². The van der Waals surface area contributed by atoms with Crippen molar-refractivity contribution in [1.82, 2.24) is 33.9 Å². The van der Waals surface area contributed by atoms with Gasteiger partial charge in [0, 0.05) is 12.4 Å². The maximum absolute atomic E-state index is 13.2. The number of nitrogens with two attached hydrogens (primary N) is 2. The smallest absolute Gasteiger partial charge is 0.387 e. The van der Waals surface area contributed by atoms with E-state index in [0.717, 1.165) is 10.9 Å². The van der Waals surface area contributed by atoms with E-state index >= 15 is 0 Å². The fourth-order valence-electron chi connectivity index (χ4n) is 5.44. The van der Waals surface area contributed by atoms with Crippen LogP contribution in [0, 0.1) is 0 Å². The van der Waals surface area contributed by atoms with Gasteiger partial charge < -0.3 is 40.9 Å². The Morgan fingerprint density at radius 1 is 0.933 bits per heavy atom. The molecule has 0 amide bonds. The van der Waals surface area contributed by atoms with Gasteiger partial charge in [-0.05, 0) is 0 Å². The Bertz CT molecular complexity index is 1930. The number of phosphoric acid groups is 2. The van der Waals surface area contributed by atoms with Gasteiger partial charge in [0.15, 0.2) is 28.9 Å². The van der Waals surface area contributed by atoms with Crippen LogP contribution in [0.1, 0.15) is 18.0 Å². The first kappa shape index (κ1) is 30.3. The lowest BCUT2D eigenvalue weighted by molar-refractivity contribution is -0.0637. The van der Waals surface area contributed by atoms with Crippen molar-refractivity contribution in [3.63, 3.8) is 0 Å². The van der Waals surface area contributed by atoms with E-state index in [1.807, 2.05) is 0 Å². The Hall–Kier alpha value is -3.37. The highest BCUT2D eigenvalue weighted by molar-refractivity contribution is 7.47. The van der Waals surface area contributed by atoms with Gasteiger partial charge in [0.2, 0.25) is 5.95 Å². The summed E-state index contributed by atoms with van der Waals surface area (Å²) in [6.07, 6.45) is -7.10. The topological polar surface area (TPSA) is 316 Å². The summed E-state index contributed by atoms with van der Waals surface area (Å²) in [4.78, 5) is 51.9. The average Bonchev–Trinajstić information content (AvgIpc) is 3.72. The van der Waals surface area contributed by atoms with Crippen LogP contribution in [-0.2, 0) is 36.7 Å². The number of phosphoric ester groups is 2. The lowest BCUT2D eigenvalue weighted by atomic mass is 10.1. The number of imidazole rings is 2. The molecule has 3 fully saturated rings. The molecule has 0 saturated carbocycles. The van der Waals surface area contributed by atoms with E-state index in [1.165, 1.54) is 23.0 Å². The summed E-state index contributed by atoms with van der Waals surface area (Å²) in [6.45, 7) is -1.62. The van der Waals surface area contributed by atoms with E-state index in [-0.39, 0.29) is 34.3 Å². The van der Waals surface area contributed by atoms with Crippen LogP contribution < -0.4 is 17.0 Å².